The highest BCUT2D eigenvalue weighted by atomic mass is 19.4. The maximum atomic E-state index is 12.6. The Kier molecular flexibility index (Phi) is 4.70. The third kappa shape index (κ3) is 4.51. The van der Waals surface area contributed by atoms with Crippen molar-refractivity contribution in [2.24, 2.45) is 5.73 Å². The fourth-order valence-electron chi connectivity index (χ4n) is 1.91. The Morgan fingerprint density at radius 2 is 1.73 bits per heavy atom. The second-order valence-electron chi connectivity index (χ2n) is 4.77. The van der Waals surface area contributed by atoms with E-state index in [-0.39, 0.29) is 13.0 Å². The predicted octanol–water partition coefficient (Wildman–Crippen LogP) is 3.31. The van der Waals surface area contributed by atoms with Crippen LogP contribution in [0.2, 0.25) is 0 Å². The van der Waals surface area contributed by atoms with Crippen molar-refractivity contribution in [3.8, 4) is 5.75 Å². The van der Waals surface area contributed by atoms with Gasteiger partial charge in [-0.3, -0.25) is 4.79 Å². The van der Waals surface area contributed by atoms with Crippen LogP contribution in [0.15, 0.2) is 48.5 Å². The number of hydrogen-bond donors (Lipinski definition) is 1. The average molecular weight is 309 g/mol. The summed E-state index contributed by atoms with van der Waals surface area (Å²) >= 11 is 0. The second-order valence-corrected chi connectivity index (χ2v) is 4.77. The van der Waals surface area contributed by atoms with Gasteiger partial charge in [-0.2, -0.15) is 13.2 Å². The van der Waals surface area contributed by atoms with Crippen LogP contribution in [-0.4, -0.2) is 5.91 Å². The van der Waals surface area contributed by atoms with Crippen LogP contribution in [0, 0.1) is 0 Å². The van der Waals surface area contributed by atoms with E-state index in [0.717, 1.165) is 17.7 Å². The molecule has 1 amide bonds. The van der Waals surface area contributed by atoms with Crippen molar-refractivity contribution in [2.45, 2.75) is 19.2 Å². The number of hydrogen-bond acceptors (Lipinski definition) is 2. The Balaban J connectivity index is 1.99. The molecule has 0 aliphatic carbocycles. The number of carbonyl (C=O) groups is 1. The summed E-state index contributed by atoms with van der Waals surface area (Å²) in [4.78, 5) is 10.8. The van der Waals surface area contributed by atoms with Gasteiger partial charge in [0.1, 0.15) is 12.4 Å². The van der Waals surface area contributed by atoms with Gasteiger partial charge in [0.05, 0.1) is 12.0 Å². The first kappa shape index (κ1) is 15.9. The molecule has 0 aliphatic rings. The molecule has 0 saturated heterocycles. The Bertz CT molecular complexity index is 651. The summed E-state index contributed by atoms with van der Waals surface area (Å²) in [7, 11) is 0. The van der Waals surface area contributed by atoms with Crippen molar-refractivity contribution in [3.05, 3.63) is 65.2 Å². The van der Waals surface area contributed by atoms with E-state index >= 15 is 0 Å². The van der Waals surface area contributed by atoms with Crippen LogP contribution < -0.4 is 10.5 Å². The van der Waals surface area contributed by atoms with Crippen LogP contribution in [0.4, 0.5) is 13.2 Å². The number of carbonyl (C=O) groups excluding carboxylic acids is 1. The first-order valence-corrected chi connectivity index (χ1v) is 6.51. The number of nitrogens with two attached hydrogens (primary N) is 1. The average Bonchev–Trinajstić information content (AvgIpc) is 2.45. The van der Waals surface area contributed by atoms with Crippen LogP contribution in [0.5, 0.6) is 5.75 Å². The van der Waals surface area contributed by atoms with Crippen molar-refractivity contribution in [3.63, 3.8) is 0 Å². The Hall–Kier alpha value is -2.50. The van der Waals surface area contributed by atoms with Crippen molar-refractivity contribution < 1.29 is 22.7 Å². The molecule has 0 bridgehead atoms. The van der Waals surface area contributed by atoms with E-state index in [4.69, 9.17) is 10.5 Å². The number of halogens is 3. The molecular formula is C16H14F3NO2. The number of ether oxygens (including phenoxy) is 1. The van der Waals surface area contributed by atoms with Gasteiger partial charge in [0.25, 0.3) is 0 Å². The minimum absolute atomic E-state index is 0.0269. The maximum absolute atomic E-state index is 12.6. The monoisotopic (exact) mass is 309 g/mol. The lowest BCUT2D eigenvalue weighted by Crippen LogP contribution is -2.13. The second kappa shape index (κ2) is 6.51. The number of benzene rings is 2. The van der Waals surface area contributed by atoms with Crippen molar-refractivity contribution in [1.29, 1.82) is 0 Å². The summed E-state index contributed by atoms with van der Waals surface area (Å²) in [6.07, 6.45) is -4.24. The molecule has 2 aromatic rings. The van der Waals surface area contributed by atoms with Crippen molar-refractivity contribution in [2.75, 3.05) is 0 Å². The third-order valence-electron chi connectivity index (χ3n) is 2.96. The lowest BCUT2D eigenvalue weighted by Gasteiger charge is -2.10. The molecule has 0 aromatic heterocycles. The number of rotatable bonds is 5. The molecule has 6 heteroatoms. The highest BCUT2D eigenvalue weighted by Crippen LogP contribution is 2.29. The Morgan fingerprint density at radius 1 is 1.05 bits per heavy atom. The van der Waals surface area contributed by atoms with E-state index < -0.39 is 17.6 Å². The topological polar surface area (TPSA) is 52.3 Å². The first-order chi connectivity index (χ1) is 10.3. The van der Waals surface area contributed by atoms with E-state index in [1.54, 1.807) is 30.3 Å². The summed E-state index contributed by atoms with van der Waals surface area (Å²) in [6.45, 7) is 0.0269. The SMILES string of the molecule is NC(=O)Cc1ccc(OCc2cccc(C(F)(F)F)c2)cc1. The highest BCUT2D eigenvalue weighted by Gasteiger charge is 2.30. The fourth-order valence-corrected chi connectivity index (χ4v) is 1.91. The molecule has 22 heavy (non-hydrogen) atoms. The molecular weight excluding hydrogens is 295 g/mol. The third-order valence-corrected chi connectivity index (χ3v) is 2.96. The molecule has 0 heterocycles. The zero-order valence-corrected chi connectivity index (χ0v) is 11.6. The largest absolute Gasteiger partial charge is 0.489 e. The highest BCUT2D eigenvalue weighted by molar-refractivity contribution is 5.76. The zero-order chi connectivity index (χ0) is 16.2. The maximum Gasteiger partial charge on any atom is 0.416 e. The van der Waals surface area contributed by atoms with Crippen LogP contribution >= 0.6 is 0 Å². The van der Waals surface area contributed by atoms with Crippen molar-refractivity contribution >= 4 is 5.91 Å². The molecule has 0 atom stereocenters. The summed E-state index contributed by atoms with van der Waals surface area (Å²) < 4.78 is 43.2. The molecule has 0 spiro atoms. The van der Waals surface area contributed by atoms with Crippen LogP contribution in [0.3, 0.4) is 0 Å². The van der Waals surface area contributed by atoms with Crippen LogP contribution in [-0.2, 0) is 24.0 Å². The van der Waals surface area contributed by atoms with E-state index in [1.807, 2.05) is 0 Å². The van der Waals surface area contributed by atoms with Crippen LogP contribution in [0.25, 0.3) is 0 Å². The normalized spacial score (nSPS) is 11.2. The molecule has 0 saturated carbocycles. The Labute approximate surface area is 125 Å². The van der Waals surface area contributed by atoms with Gasteiger partial charge < -0.3 is 10.5 Å². The molecule has 0 radical (unpaired) electrons. The van der Waals surface area contributed by atoms with Gasteiger partial charge >= 0.3 is 6.18 Å². The van der Waals surface area contributed by atoms with Gasteiger partial charge in [0, 0.05) is 0 Å². The molecule has 2 N–H and O–H groups in total. The van der Waals surface area contributed by atoms with Gasteiger partial charge in [-0.1, -0.05) is 24.3 Å². The van der Waals surface area contributed by atoms with Gasteiger partial charge in [-0.25, -0.2) is 0 Å². The van der Waals surface area contributed by atoms with Gasteiger partial charge in [0.15, 0.2) is 0 Å². The van der Waals surface area contributed by atoms with Crippen molar-refractivity contribution in [1.82, 2.24) is 0 Å². The summed E-state index contributed by atoms with van der Waals surface area (Å²) in [6, 6.07) is 11.6. The number of primary amides is 1. The van der Waals surface area contributed by atoms with E-state index in [2.05, 4.69) is 0 Å². The summed E-state index contributed by atoms with van der Waals surface area (Å²) in [5.41, 5.74) is 5.56. The minimum atomic E-state index is -4.37. The zero-order valence-electron chi connectivity index (χ0n) is 11.6. The lowest BCUT2D eigenvalue weighted by molar-refractivity contribution is -0.137. The van der Waals surface area contributed by atoms with Gasteiger partial charge in [-0.15, -0.1) is 0 Å². The summed E-state index contributed by atoms with van der Waals surface area (Å²) in [5.74, 6) is 0.0725. The smallest absolute Gasteiger partial charge is 0.416 e. The molecule has 2 aromatic carbocycles. The van der Waals surface area contributed by atoms with E-state index in [0.29, 0.717) is 11.3 Å². The Morgan fingerprint density at radius 3 is 2.32 bits per heavy atom. The predicted molar refractivity (Wildman–Crippen MR) is 75.1 cm³/mol. The van der Waals surface area contributed by atoms with Crippen LogP contribution in [0.1, 0.15) is 16.7 Å². The van der Waals surface area contributed by atoms with E-state index in [1.165, 1.54) is 6.07 Å². The summed E-state index contributed by atoms with van der Waals surface area (Å²) in [5, 5.41) is 0. The fraction of sp³-hybridized carbons (Fsp3) is 0.188. The molecule has 0 aliphatic heterocycles. The quantitative estimate of drug-likeness (QED) is 0.921. The van der Waals surface area contributed by atoms with E-state index in [9.17, 15) is 18.0 Å². The van der Waals surface area contributed by atoms with Gasteiger partial charge in [0.2, 0.25) is 5.91 Å². The molecule has 0 fully saturated rings. The minimum Gasteiger partial charge on any atom is -0.489 e. The standard InChI is InChI=1S/C16H14F3NO2/c17-16(18,19)13-3-1-2-12(8-13)10-22-14-6-4-11(5-7-14)9-15(20)21/h1-8H,9-10H2,(H2,20,21). The van der Waals surface area contributed by atoms with Gasteiger partial charge in [-0.05, 0) is 35.4 Å². The molecule has 0 unspecified atom stereocenters. The molecule has 116 valence electrons. The molecule has 2 rings (SSSR count). The number of amides is 1. The molecule has 3 nitrogen and oxygen atoms in total. The first-order valence-electron chi connectivity index (χ1n) is 6.51. The number of alkyl halides is 3. The lowest BCUT2D eigenvalue weighted by atomic mass is 10.1.